The highest BCUT2D eigenvalue weighted by atomic mass is 16.7. The van der Waals surface area contributed by atoms with Gasteiger partial charge in [-0.3, -0.25) is 0 Å². The van der Waals surface area contributed by atoms with Crippen LogP contribution in [0.5, 0.6) is 28.7 Å². The molecular formula is C22H24O6. The molecule has 0 aromatic heterocycles. The van der Waals surface area contributed by atoms with E-state index in [2.05, 4.69) is 24.3 Å². The first-order valence-electron chi connectivity index (χ1n) is 9.53. The molecule has 0 N–H and O–H groups in total. The first-order chi connectivity index (χ1) is 13.7. The van der Waals surface area contributed by atoms with Crippen molar-refractivity contribution in [1.29, 1.82) is 0 Å². The summed E-state index contributed by atoms with van der Waals surface area (Å²) in [6.07, 6.45) is 0.998. The summed E-state index contributed by atoms with van der Waals surface area (Å²) in [5.41, 5.74) is 3.70. The quantitative estimate of drug-likeness (QED) is 0.805. The fourth-order valence-electron chi connectivity index (χ4n) is 4.88. The molecule has 0 amide bonds. The molecule has 0 saturated carbocycles. The van der Waals surface area contributed by atoms with Gasteiger partial charge in [0.2, 0.25) is 12.5 Å². The summed E-state index contributed by atoms with van der Waals surface area (Å²) in [4.78, 5) is 0. The average molecular weight is 384 g/mol. The minimum Gasteiger partial charge on any atom is -0.493 e. The molecule has 0 spiro atoms. The highest BCUT2D eigenvalue weighted by molar-refractivity contribution is 5.58. The molecule has 6 heteroatoms. The molecule has 3 atom stereocenters. The Morgan fingerprint density at radius 1 is 0.857 bits per heavy atom. The Kier molecular flexibility index (Phi) is 4.23. The second-order valence-electron chi connectivity index (χ2n) is 7.51. The van der Waals surface area contributed by atoms with Gasteiger partial charge in [0.15, 0.2) is 23.0 Å². The Bertz CT molecular complexity index is 883. The van der Waals surface area contributed by atoms with Gasteiger partial charge in [0.05, 0.1) is 34.5 Å². The molecule has 2 aromatic rings. The summed E-state index contributed by atoms with van der Waals surface area (Å²) in [5.74, 6) is 4.63. The van der Waals surface area contributed by atoms with E-state index in [0.29, 0.717) is 29.1 Å². The van der Waals surface area contributed by atoms with Crippen LogP contribution in [0.4, 0.5) is 0 Å². The van der Waals surface area contributed by atoms with E-state index in [1.807, 2.05) is 0 Å². The van der Waals surface area contributed by atoms with Crippen LogP contribution in [0.1, 0.15) is 22.6 Å². The molecule has 3 aliphatic rings. The summed E-state index contributed by atoms with van der Waals surface area (Å²) in [7, 11) is 4.92. The van der Waals surface area contributed by atoms with Gasteiger partial charge in [0, 0.05) is 5.92 Å². The van der Waals surface area contributed by atoms with Gasteiger partial charge in [-0.25, -0.2) is 0 Å². The summed E-state index contributed by atoms with van der Waals surface area (Å²) in [5, 5.41) is 0. The van der Waals surface area contributed by atoms with Crippen molar-refractivity contribution in [3.05, 3.63) is 41.0 Å². The minimum absolute atomic E-state index is 0.166. The zero-order valence-electron chi connectivity index (χ0n) is 16.3. The third kappa shape index (κ3) is 2.58. The molecule has 0 bridgehead atoms. The molecule has 2 aromatic carbocycles. The Labute approximate surface area is 164 Å². The number of rotatable bonds is 4. The second-order valence-corrected chi connectivity index (χ2v) is 7.51. The molecule has 28 heavy (non-hydrogen) atoms. The molecule has 2 heterocycles. The van der Waals surface area contributed by atoms with E-state index in [1.54, 1.807) is 21.3 Å². The molecule has 148 valence electrons. The molecular weight excluding hydrogens is 360 g/mol. The van der Waals surface area contributed by atoms with Crippen molar-refractivity contribution >= 4 is 0 Å². The molecule has 0 radical (unpaired) electrons. The number of hydrogen-bond donors (Lipinski definition) is 0. The van der Waals surface area contributed by atoms with Crippen molar-refractivity contribution in [2.45, 2.75) is 12.3 Å². The largest absolute Gasteiger partial charge is 0.493 e. The maximum Gasteiger partial charge on any atom is 0.231 e. The van der Waals surface area contributed by atoms with Gasteiger partial charge >= 0.3 is 0 Å². The Balaban J connectivity index is 1.68. The molecule has 1 aliphatic carbocycles. The SMILES string of the molecule is COc1cc(C2c3cc4c(cc3C[C@H]3COC[C@@H]23)OCO4)cc(OC)c1OC. The van der Waals surface area contributed by atoms with Crippen molar-refractivity contribution in [1.82, 2.24) is 0 Å². The van der Waals surface area contributed by atoms with Gasteiger partial charge in [0.1, 0.15) is 0 Å². The van der Waals surface area contributed by atoms with Crippen LogP contribution in [0, 0.1) is 11.8 Å². The van der Waals surface area contributed by atoms with E-state index in [4.69, 9.17) is 28.4 Å². The number of benzene rings is 2. The smallest absolute Gasteiger partial charge is 0.231 e. The lowest BCUT2D eigenvalue weighted by atomic mass is 9.68. The van der Waals surface area contributed by atoms with Gasteiger partial charge in [0.25, 0.3) is 0 Å². The normalized spacial score (nSPS) is 24.5. The highest BCUT2D eigenvalue weighted by Gasteiger charge is 2.42. The first kappa shape index (κ1) is 17.5. The van der Waals surface area contributed by atoms with Crippen LogP contribution in [-0.2, 0) is 11.2 Å². The maximum absolute atomic E-state index is 5.88. The average Bonchev–Trinajstić information content (AvgIpc) is 3.37. The summed E-state index contributed by atoms with van der Waals surface area (Å²) < 4.78 is 33.9. The molecule has 1 saturated heterocycles. The van der Waals surface area contributed by atoms with E-state index >= 15 is 0 Å². The predicted octanol–water partition coefficient (Wildman–Crippen LogP) is 3.39. The zero-order valence-corrected chi connectivity index (χ0v) is 16.3. The third-order valence-electron chi connectivity index (χ3n) is 6.17. The van der Waals surface area contributed by atoms with Gasteiger partial charge in [-0.1, -0.05) is 0 Å². The number of ether oxygens (including phenoxy) is 6. The summed E-state index contributed by atoms with van der Waals surface area (Å²) in [6, 6.07) is 8.39. The van der Waals surface area contributed by atoms with E-state index in [9.17, 15) is 0 Å². The summed E-state index contributed by atoms with van der Waals surface area (Å²) >= 11 is 0. The zero-order chi connectivity index (χ0) is 19.3. The van der Waals surface area contributed by atoms with Crippen molar-refractivity contribution in [3.8, 4) is 28.7 Å². The lowest BCUT2D eigenvalue weighted by Gasteiger charge is -2.35. The number of fused-ring (bicyclic) bond motifs is 3. The Morgan fingerprint density at radius 2 is 1.57 bits per heavy atom. The molecule has 1 fully saturated rings. The topological polar surface area (TPSA) is 55.4 Å². The Morgan fingerprint density at radius 3 is 2.25 bits per heavy atom. The van der Waals surface area contributed by atoms with Crippen molar-refractivity contribution in [2.75, 3.05) is 41.3 Å². The molecule has 5 rings (SSSR count). The minimum atomic E-state index is 0.166. The van der Waals surface area contributed by atoms with Crippen molar-refractivity contribution in [3.63, 3.8) is 0 Å². The van der Waals surface area contributed by atoms with Crippen LogP contribution in [-0.4, -0.2) is 41.3 Å². The number of methoxy groups -OCH3 is 3. The monoisotopic (exact) mass is 384 g/mol. The van der Waals surface area contributed by atoms with E-state index < -0.39 is 0 Å². The summed E-state index contributed by atoms with van der Waals surface area (Å²) in [6.45, 7) is 1.82. The predicted molar refractivity (Wildman–Crippen MR) is 102 cm³/mol. The van der Waals surface area contributed by atoms with Crippen molar-refractivity contribution in [2.24, 2.45) is 11.8 Å². The molecule has 1 unspecified atom stereocenters. The Hall–Kier alpha value is -2.60. The van der Waals surface area contributed by atoms with Gasteiger partial charge in [-0.15, -0.1) is 0 Å². The van der Waals surface area contributed by atoms with Crippen LogP contribution in [0.25, 0.3) is 0 Å². The molecule has 2 aliphatic heterocycles. The van der Waals surface area contributed by atoms with E-state index in [-0.39, 0.29) is 12.7 Å². The lowest BCUT2D eigenvalue weighted by molar-refractivity contribution is 0.173. The standard InChI is InChI=1S/C22H24O6/c1-23-19-6-13(7-20(24-2)22(19)25-3)21-15-8-18-17(27-11-28-18)5-12(15)4-14-9-26-10-16(14)21/h5-8,14,16,21H,4,9-11H2,1-3H3/t14-,16+,21?/m0/s1. The van der Waals surface area contributed by atoms with Crippen LogP contribution >= 0.6 is 0 Å². The second kappa shape index (κ2) is 6.78. The highest BCUT2D eigenvalue weighted by Crippen LogP contribution is 2.52. The van der Waals surface area contributed by atoms with E-state index in [1.165, 1.54) is 11.1 Å². The first-order valence-corrected chi connectivity index (χ1v) is 9.53. The fraction of sp³-hybridized carbons (Fsp3) is 0.455. The maximum atomic E-state index is 5.88. The van der Waals surface area contributed by atoms with Crippen molar-refractivity contribution < 1.29 is 28.4 Å². The molecule has 6 nitrogen and oxygen atoms in total. The van der Waals surface area contributed by atoms with Crippen LogP contribution in [0.2, 0.25) is 0 Å². The van der Waals surface area contributed by atoms with Gasteiger partial charge < -0.3 is 28.4 Å². The van der Waals surface area contributed by atoms with Gasteiger partial charge in [-0.05, 0) is 59.2 Å². The van der Waals surface area contributed by atoms with Gasteiger partial charge in [-0.2, -0.15) is 0 Å². The fourth-order valence-corrected chi connectivity index (χ4v) is 4.88. The van der Waals surface area contributed by atoms with Crippen LogP contribution in [0.3, 0.4) is 0 Å². The number of hydrogen-bond acceptors (Lipinski definition) is 6. The van der Waals surface area contributed by atoms with Crippen LogP contribution in [0.15, 0.2) is 24.3 Å². The van der Waals surface area contributed by atoms with Crippen LogP contribution < -0.4 is 23.7 Å². The lowest BCUT2D eigenvalue weighted by Crippen LogP contribution is -2.29. The van der Waals surface area contributed by atoms with E-state index in [0.717, 1.165) is 36.7 Å². The third-order valence-corrected chi connectivity index (χ3v) is 6.17.